The van der Waals surface area contributed by atoms with Crippen molar-refractivity contribution in [2.24, 2.45) is 0 Å². The SMILES string of the molecule is COc1ccc(OC)c([C@@H]2CCCN2Cc2nc(-c3cccs3)no2)c1. The van der Waals surface area contributed by atoms with Gasteiger partial charge in [-0.05, 0) is 49.0 Å². The zero-order valence-electron chi connectivity index (χ0n) is 14.8. The molecule has 0 spiro atoms. The molecule has 6 nitrogen and oxygen atoms in total. The van der Waals surface area contributed by atoms with Crippen LogP contribution in [0.25, 0.3) is 10.7 Å². The van der Waals surface area contributed by atoms with Gasteiger partial charge in [0.05, 0.1) is 25.6 Å². The third kappa shape index (κ3) is 3.32. The largest absolute Gasteiger partial charge is 0.497 e. The Bertz CT molecular complexity index is 863. The van der Waals surface area contributed by atoms with Crippen LogP contribution in [0, 0.1) is 0 Å². The van der Waals surface area contributed by atoms with E-state index in [-0.39, 0.29) is 6.04 Å². The Labute approximate surface area is 156 Å². The summed E-state index contributed by atoms with van der Waals surface area (Å²) in [5, 5.41) is 6.12. The van der Waals surface area contributed by atoms with Crippen molar-refractivity contribution in [3.8, 4) is 22.2 Å². The van der Waals surface area contributed by atoms with E-state index in [1.165, 1.54) is 0 Å². The van der Waals surface area contributed by atoms with E-state index in [1.54, 1.807) is 25.6 Å². The van der Waals surface area contributed by atoms with Crippen LogP contribution in [-0.4, -0.2) is 35.8 Å². The molecule has 3 aromatic rings. The van der Waals surface area contributed by atoms with E-state index in [2.05, 4.69) is 21.1 Å². The number of nitrogens with zero attached hydrogens (tertiary/aromatic N) is 3. The normalized spacial score (nSPS) is 17.5. The highest BCUT2D eigenvalue weighted by molar-refractivity contribution is 7.13. The lowest BCUT2D eigenvalue weighted by Gasteiger charge is -2.25. The predicted molar refractivity (Wildman–Crippen MR) is 99.5 cm³/mol. The number of rotatable bonds is 6. The summed E-state index contributed by atoms with van der Waals surface area (Å²) in [6.07, 6.45) is 2.19. The molecule has 1 atom stereocenters. The highest BCUT2D eigenvalue weighted by Gasteiger charge is 2.30. The molecule has 0 aliphatic carbocycles. The number of hydrogen-bond acceptors (Lipinski definition) is 7. The Morgan fingerprint density at radius 1 is 1.27 bits per heavy atom. The Morgan fingerprint density at radius 2 is 2.19 bits per heavy atom. The fourth-order valence-electron chi connectivity index (χ4n) is 3.47. The summed E-state index contributed by atoms with van der Waals surface area (Å²) in [5.41, 5.74) is 1.14. The van der Waals surface area contributed by atoms with Crippen molar-refractivity contribution in [2.45, 2.75) is 25.4 Å². The van der Waals surface area contributed by atoms with Gasteiger partial charge in [-0.25, -0.2) is 0 Å². The van der Waals surface area contributed by atoms with Gasteiger partial charge in [0.1, 0.15) is 11.5 Å². The molecule has 1 aliphatic rings. The minimum Gasteiger partial charge on any atom is -0.497 e. The van der Waals surface area contributed by atoms with E-state index >= 15 is 0 Å². The van der Waals surface area contributed by atoms with Gasteiger partial charge < -0.3 is 14.0 Å². The van der Waals surface area contributed by atoms with Gasteiger partial charge in [-0.15, -0.1) is 11.3 Å². The van der Waals surface area contributed by atoms with Gasteiger partial charge in [-0.1, -0.05) is 11.2 Å². The number of hydrogen-bond donors (Lipinski definition) is 0. The molecule has 3 heterocycles. The minimum atomic E-state index is 0.247. The molecule has 26 heavy (non-hydrogen) atoms. The first-order chi connectivity index (χ1) is 12.8. The van der Waals surface area contributed by atoms with E-state index in [9.17, 15) is 0 Å². The van der Waals surface area contributed by atoms with Crippen LogP contribution >= 0.6 is 11.3 Å². The molecule has 1 saturated heterocycles. The van der Waals surface area contributed by atoms with Gasteiger partial charge in [-0.2, -0.15) is 4.98 Å². The molecule has 0 saturated carbocycles. The second kappa shape index (κ2) is 7.47. The minimum absolute atomic E-state index is 0.247. The van der Waals surface area contributed by atoms with Gasteiger partial charge in [0.2, 0.25) is 11.7 Å². The van der Waals surface area contributed by atoms with Gasteiger partial charge >= 0.3 is 0 Å². The van der Waals surface area contributed by atoms with Crippen LogP contribution in [0.5, 0.6) is 11.5 Å². The van der Waals surface area contributed by atoms with Crippen LogP contribution < -0.4 is 9.47 Å². The highest BCUT2D eigenvalue weighted by Crippen LogP contribution is 2.39. The quantitative estimate of drug-likeness (QED) is 0.649. The molecule has 4 rings (SSSR count). The number of ether oxygens (including phenoxy) is 2. The van der Waals surface area contributed by atoms with Gasteiger partial charge in [0, 0.05) is 11.6 Å². The van der Waals surface area contributed by atoms with Crippen molar-refractivity contribution in [1.29, 1.82) is 0 Å². The Morgan fingerprint density at radius 3 is 2.96 bits per heavy atom. The Balaban J connectivity index is 1.56. The maximum absolute atomic E-state index is 5.58. The fraction of sp³-hybridized carbons (Fsp3) is 0.368. The smallest absolute Gasteiger partial charge is 0.241 e. The molecule has 0 bridgehead atoms. The Kier molecular flexibility index (Phi) is 4.90. The summed E-state index contributed by atoms with van der Waals surface area (Å²) in [6.45, 7) is 1.62. The summed E-state index contributed by atoms with van der Waals surface area (Å²) in [4.78, 5) is 7.94. The Hall–Kier alpha value is -2.38. The first-order valence-electron chi connectivity index (χ1n) is 8.61. The van der Waals surface area contributed by atoms with E-state index in [1.807, 2.05) is 29.6 Å². The molecule has 0 radical (unpaired) electrons. The molecule has 0 N–H and O–H groups in total. The lowest BCUT2D eigenvalue weighted by Crippen LogP contribution is -2.23. The van der Waals surface area contributed by atoms with Crippen LogP contribution in [-0.2, 0) is 6.54 Å². The third-order valence-corrected chi connectivity index (χ3v) is 5.57. The van der Waals surface area contributed by atoms with E-state index in [4.69, 9.17) is 14.0 Å². The monoisotopic (exact) mass is 371 g/mol. The molecule has 2 aromatic heterocycles. The summed E-state index contributed by atoms with van der Waals surface area (Å²) in [5.74, 6) is 3.02. The fourth-order valence-corrected chi connectivity index (χ4v) is 4.12. The average molecular weight is 371 g/mol. The van der Waals surface area contributed by atoms with Gasteiger partial charge in [0.25, 0.3) is 0 Å². The molecule has 1 fully saturated rings. The predicted octanol–water partition coefficient (Wildman–Crippen LogP) is 4.15. The molecular formula is C19H21N3O3S. The first-order valence-corrected chi connectivity index (χ1v) is 9.49. The zero-order valence-corrected chi connectivity index (χ0v) is 15.7. The van der Waals surface area contributed by atoms with Crippen molar-refractivity contribution in [3.05, 3.63) is 47.2 Å². The lowest BCUT2D eigenvalue weighted by molar-refractivity contribution is 0.209. The molecule has 1 aromatic carbocycles. The summed E-state index contributed by atoms with van der Waals surface area (Å²) < 4.78 is 16.5. The number of likely N-dealkylation sites (tertiary alicyclic amines) is 1. The van der Waals surface area contributed by atoms with Crippen LogP contribution in [0.1, 0.15) is 30.3 Å². The molecular weight excluding hydrogens is 350 g/mol. The number of methoxy groups -OCH3 is 2. The van der Waals surface area contributed by atoms with E-state index in [0.717, 1.165) is 41.3 Å². The summed E-state index contributed by atoms with van der Waals surface area (Å²) in [7, 11) is 3.39. The third-order valence-electron chi connectivity index (χ3n) is 4.71. The molecule has 1 aliphatic heterocycles. The molecule has 7 heteroatoms. The maximum Gasteiger partial charge on any atom is 0.241 e. The molecule has 0 unspecified atom stereocenters. The van der Waals surface area contributed by atoms with Crippen LogP contribution in [0.15, 0.2) is 40.2 Å². The summed E-state index contributed by atoms with van der Waals surface area (Å²) in [6, 6.07) is 10.2. The lowest BCUT2D eigenvalue weighted by atomic mass is 10.0. The van der Waals surface area contributed by atoms with Crippen molar-refractivity contribution in [3.63, 3.8) is 0 Å². The second-order valence-corrected chi connectivity index (χ2v) is 7.17. The van der Waals surface area contributed by atoms with E-state index in [0.29, 0.717) is 18.3 Å². The van der Waals surface area contributed by atoms with Gasteiger partial charge in [-0.3, -0.25) is 4.90 Å². The highest BCUT2D eigenvalue weighted by atomic mass is 32.1. The average Bonchev–Trinajstić information content (AvgIpc) is 3.42. The van der Waals surface area contributed by atoms with Crippen molar-refractivity contribution in [2.75, 3.05) is 20.8 Å². The standard InChI is InChI=1S/C19H21N3O3S/c1-23-13-7-8-16(24-2)14(11-13)15-5-3-9-22(15)12-18-20-19(21-25-18)17-6-4-10-26-17/h4,6-8,10-11,15H,3,5,9,12H2,1-2H3/t15-/m0/s1. The number of aromatic nitrogens is 2. The van der Waals surface area contributed by atoms with Crippen molar-refractivity contribution < 1.29 is 14.0 Å². The van der Waals surface area contributed by atoms with Crippen LogP contribution in [0.4, 0.5) is 0 Å². The maximum atomic E-state index is 5.58. The van der Waals surface area contributed by atoms with Crippen molar-refractivity contribution >= 4 is 11.3 Å². The van der Waals surface area contributed by atoms with Crippen molar-refractivity contribution in [1.82, 2.24) is 15.0 Å². The number of benzene rings is 1. The topological polar surface area (TPSA) is 60.6 Å². The number of thiophene rings is 1. The van der Waals surface area contributed by atoms with Crippen LogP contribution in [0.3, 0.4) is 0 Å². The molecule has 0 amide bonds. The van der Waals surface area contributed by atoms with Crippen LogP contribution in [0.2, 0.25) is 0 Å². The first kappa shape index (κ1) is 17.1. The molecule has 136 valence electrons. The zero-order chi connectivity index (χ0) is 17.9. The van der Waals surface area contributed by atoms with E-state index < -0.39 is 0 Å². The second-order valence-electron chi connectivity index (χ2n) is 6.23. The van der Waals surface area contributed by atoms with Gasteiger partial charge in [0.15, 0.2) is 0 Å². The summed E-state index contributed by atoms with van der Waals surface area (Å²) >= 11 is 1.61.